The average molecular weight is 269 g/mol. The molecule has 2 saturated heterocycles. The summed E-state index contributed by atoms with van der Waals surface area (Å²) in [5.41, 5.74) is 0.748. The van der Waals surface area contributed by atoms with Gasteiger partial charge in [-0.25, -0.2) is 0 Å². The summed E-state index contributed by atoms with van der Waals surface area (Å²) in [5.74, 6) is -0.630. The van der Waals surface area contributed by atoms with Gasteiger partial charge in [-0.2, -0.15) is 0 Å². The molecule has 1 aromatic rings. The second-order valence-electron chi connectivity index (χ2n) is 5.22. The summed E-state index contributed by atoms with van der Waals surface area (Å²) in [4.78, 5) is 0. The topological polar surface area (TPSA) is 67.6 Å². The summed E-state index contributed by atoms with van der Waals surface area (Å²) in [6.45, 7) is 6.55. The molecule has 7 nitrogen and oxygen atoms in total. The van der Waals surface area contributed by atoms with E-state index in [4.69, 9.17) is 18.9 Å². The Labute approximate surface area is 111 Å². The second kappa shape index (κ2) is 4.52. The van der Waals surface area contributed by atoms with Crippen LogP contribution in [0, 0.1) is 0 Å². The van der Waals surface area contributed by atoms with Crippen molar-refractivity contribution >= 4 is 0 Å². The summed E-state index contributed by atoms with van der Waals surface area (Å²) in [7, 11) is 1.60. The minimum Gasteiger partial charge on any atom is -0.353 e. The predicted octanol–water partition coefficient (Wildman–Crippen LogP) is 0.862. The largest absolute Gasteiger partial charge is 0.353 e. The van der Waals surface area contributed by atoms with Crippen LogP contribution in [-0.4, -0.2) is 46.4 Å². The van der Waals surface area contributed by atoms with E-state index >= 15 is 0 Å². The van der Waals surface area contributed by atoms with E-state index in [2.05, 4.69) is 10.3 Å². The zero-order valence-electron chi connectivity index (χ0n) is 11.6. The third-order valence-electron chi connectivity index (χ3n) is 3.42. The Kier molecular flexibility index (Phi) is 3.09. The van der Waals surface area contributed by atoms with Crippen LogP contribution in [0.15, 0.2) is 6.20 Å². The SMILES string of the molecule is CCn1cc([C@H]2O[C@@H](OC)[C@@H]3OC(C)(C)O[C@@H]32)nn1. The molecule has 106 valence electrons. The average Bonchev–Trinajstić information content (AvgIpc) is 3.01. The predicted molar refractivity (Wildman–Crippen MR) is 64.1 cm³/mol. The Bertz CT molecular complexity index is 462. The Morgan fingerprint density at radius 3 is 2.74 bits per heavy atom. The molecule has 4 atom stereocenters. The van der Waals surface area contributed by atoms with Crippen molar-refractivity contribution in [2.24, 2.45) is 0 Å². The van der Waals surface area contributed by atoms with Crippen LogP contribution in [0.1, 0.15) is 32.6 Å². The van der Waals surface area contributed by atoms with Crippen molar-refractivity contribution in [3.8, 4) is 0 Å². The van der Waals surface area contributed by atoms with Crippen LogP contribution in [0.25, 0.3) is 0 Å². The van der Waals surface area contributed by atoms with Gasteiger partial charge in [0, 0.05) is 13.7 Å². The third kappa shape index (κ3) is 2.16. The van der Waals surface area contributed by atoms with Gasteiger partial charge in [-0.1, -0.05) is 5.21 Å². The number of aromatic nitrogens is 3. The molecular formula is C12H19N3O4. The molecule has 0 radical (unpaired) electrons. The molecule has 0 N–H and O–H groups in total. The van der Waals surface area contributed by atoms with Crippen LogP contribution in [0.2, 0.25) is 0 Å². The summed E-state index contributed by atoms with van der Waals surface area (Å²) in [5, 5.41) is 8.17. The van der Waals surface area contributed by atoms with Gasteiger partial charge in [0.2, 0.25) is 0 Å². The first-order valence-electron chi connectivity index (χ1n) is 6.48. The molecule has 2 aliphatic heterocycles. The first-order chi connectivity index (χ1) is 9.04. The monoisotopic (exact) mass is 269 g/mol. The van der Waals surface area contributed by atoms with E-state index in [9.17, 15) is 0 Å². The van der Waals surface area contributed by atoms with Crippen molar-refractivity contribution in [1.29, 1.82) is 0 Å². The fourth-order valence-corrected chi connectivity index (χ4v) is 2.59. The third-order valence-corrected chi connectivity index (χ3v) is 3.42. The Hall–Kier alpha value is -1.02. The molecule has 3 rings (SSSR count). The number of nitrogens with zero attached hydrogens (tertiary/aromatic N) is 3. The number of rotatable bonds is 3. The van der Waals surface area contributed by atoms with Crippen molar-refractivity contribution in [1.82, 2.24) is 15.0 Å². The number of methoxy groups -OCH3 is 1. The minimum atomic E-state index is -0.630. The van der Waals surface area contributed by atoms with Crippen molar-refractivity contribution < 1.29 is 18.9 Å². The van der Waals surface area contributed by atoms with Crippen molar-refractivity contribution in [2.75, 3.05) is 7.11 Å². The zero-order valence-corrected chi connectivity index (χ0v) is 11.6. The van der Waals surface area contributed by atoms with Gasteiger partial charge in [-0.15, -0.1) is 5.10 Å². The van der Waals surface area contributed by atoms with E-state index in [1.807, 2.05) is 27.0 Å². The van der Waals surface area contributed by atoms with Gasteiger partial charge >= 0.3 is 0 Å². The summed E-state index contributed by atoms with van der Waals surface area (Å²) >= 11 is 0. The lowest BCUT2D eigenvalue weighted by Crippen LogP contribution is -2.30. The Morgan fingerprint density at radius 2 is 2.11 bits per heavy atom. The number of hydrogen-bond donors (Lipinski definition) is 0. The highest BCUT2D eigenvalue weighted by atomic mass is 16.8. The fraction of sp³-hybridized carbons (Fsp3) is 0.833. The van der Waals surface area contributed by atoms with Gasteiger partial charge in [0.1, 0.15) is 24.0 Å². The fourth-order valence-electron chi connectivity index (χ4n) is 2.59. The summed E-state index contributed by atoms with van der Waals surface area (Å²) in [6, 6.07) is 0. The van der Waals surface area contributed by atoms with Gasteiger partial charge in [0.05, 0.1) is 6.20 Å². The van der Waals surface area contributed by atoms with Crippen LogP contribution in [0.4, 0.5) is 0 Å². The van der Waals surface area contributed by atoms with Crippen LogP contribution in [-0.2, 0) is 25.5 Å². The zero-order chi connectivity index (χ0) is 13.6. The first kappa shape index (κ1) is 13.0. The van der Waals surface area contributed by atoms with Gasteiger partial charge < -0.3 is 18.9 Å². The van der Waals surface area contributed by atoms with Crippen molar-refractivity contribution in [3.05, 3.63) is 11.9 Å². The first-order valence-corrected chi connectivity index (χ1v) is 6.48. The second-order valence-corrected chi connectivity index (χ2v) is 5.22. The van der Waals surface area contributed by atoms with E-state index in [1.165, 1.54) is 0 Å². The van der Waals surface area contributed by atoms with Crippen LogP contribution in [0.5, 0.6) is 0 Å². The lowest BCUT2D eigenvalue weighted by Gasteiger charge is -2.22. The molecule has 7 heteroatoms. The number of aryl methyl sites for hydroxylation is 1. The maximum atomic E-state index is 5.91. The van der Waals surface area contributed by atoms with E-state index in [0.717, 1.165) is 12.2 Å². The molecular weight excluding hydrogens is 250 g/mol. The van der Waals surface area contributed by atoms with Gasteiger partial charge in [-0.3, -0.25) is 4.68 Å². The molecule has 0 spiro atoms. The molecule has 3 heterocycles. The smallest absolute Gasteiger partial charge is 0.187 e. The Morgan fingerprint density at radius 1 is 1.37 bits per heavy atom. The molecule has 1 aromatic heterocycles. The molecule has 0 bridgehead atoms. The molecule has 0 saturated carbocycles. The van der Waals surface area contributed by atoms with E-state index < -0.39 is 12.1 Å². The van der Waals surface area contributed by atoms with Gasteiger partial charge in [-0.05, 0) is 20.8 Å². The highest BCUT2D eigenvalue weighted by molar-refractivity contribution is 5.08. The lowest BCUT2D eigenvalue weighted by molar-refractivity contribution is -0.228. The quantitative estimate of drug-likeness (QED) is 0.811. The normalized spacial score (nSPS) is 36.6. The van der Waals surface area contributed by atoms with E-state index in [-0.39, 0.29) is 18.3 Å². The van der Waals surface area contributed by atoms with Crippen molar-refractivity contribution in [2.45, 2.75) is 57.7 Å². The molecule has 0 amide bonds. The van der Waals surface area contributed by atoms with Crippen molar-refractivity contribution in [3.63, 3.8) is 0 Å². The van der Waals surface area contributed by atoms with Gasteiger partial charge in [0.15, 0.2) is 12.1 Å². The Balaban J connectivity index is 1.86. The molecule has 19 heavy (non-hydrogen) atoms. The highest BCUT2D eigenvalue weighted by Gasteiger charge is 2.56. The number of hydrogen-bond acceptors (Lipinski definition) is 6. The molecule has 2 fully saturated rings. The van der Waals surface area contributed by atoms with E-state index in [0.29, 0.717) is 0 Å². The lowest BCUT2D eigenvalue weighted by atomic mass is 10.1. The minimum absolute atomic E-state index is 0.220. The summed E-state index contributed by atoms with van der Waals surface area (Å²) < 4.78 is 24.7. The van der Waals surface area contributed by atoms with Gasteiger partial charge in [0.25, 0.3) is 0 Å². The van der Waals surface area contributed by atoms with Crippen LogP contribution in [0.3, 0.4) is 0 Å². The maximum absolute atomic E-state index is 5.91. The standard InChI is InChI=1S/C12H19N3O4/c1-5-15-6-7(13-14-15)8-9-10(11(16-4)17-8)19-12(2,3)18-9/h6,8-11H,5H2,1-4H3/t8-,9-,10-,11-/m1/s1. The maximum Gasteiger partial charge on any atom is 0.187 e. The molecule has 0 unspecified atom stereocenters. The van der Waals surface area contributed by atoms with Crippen LogP contribution < -0.4 is 0 Å². The molecule has 2 aliphatic rings. The molecule has 0 aromatic carbocycles. The summed E-state index contributed by atoms with van der Waals surface area (Å²) in [6.07, 6.45) is 0.661. The number of fused-ring (bicyclic) bond motifs is 1. The molecule has 0 aliphatic carbocycles. The highest BCUT2D eigenvalue weighted by Crippen LogP contribution is 2.44. The number of ether oxygens (including phenoxy) is 4. The van der Waals surface area contributed by atoms with Crippen LogP contribution >= 0.6 is 0 Å². The van der Waals surface area contributed by atoms with E-state index in [1.54, 1.807) is 11.8 Å².